The minimum atomic E-state index is -3.66. The van der Waals surface area contributed by atoms with E-state index in [9.17, 15) is 13.2 Å². The highest BCUT2D eigenvalue weighted by Crippen LogP contribution is 2.34. The standard InChI is InChI=1S/C19H18N8O3S3/c1-27(33(29,30)16-6-3-7-31-16)14-5-2-4-11-8-13(21-17(11)14)18-20-10-12(32-18)9-15(28)22-19-23-25-26-24-19/h2-8,12,21H,9-10H2,1H3,(H2,22,23,24,25,26,28). The number of para-hydroxylation sites is 1. The summed E-state index contributed by atoms with van der Waals surface area (Å²) in [7, 11) is -2.11. The molecule has 0 spiro atoms. The maximum atomic E-state index is 13.0. The van der Waals surface area contributed by atoms with Crippen molar-refractivity contribution in [2.24, 2.45) is 4.99 Å². The molecule has 1 aromatic carbocycles. The summed E-state index contributed by atoms with van der Waals surface area (Å²) < 4.78 is 27.6. The van der Waals surface area contributed by atoms with E-state index in [0.29, 0.717) is 17.7 Å². The number of aliphatic imine (C=N–C) groups is 1. The number of hydrogen-bond acceptors (Lipinski definition) is 9. The number of carbonyl (C=O) groups is 1. The summed E-state index contributed by atoms with van der Waals surface area (Å²) in [4.78, 5) is 20.1. The van der Waals surface area contributed by atoms with Gasteiger partial charge < -0.3 is 4.98 Å². The first-order chi connectivity index (χ1) is 15.9. The highest BCUT2D eigenvalue weighted by Gasteiger charge is 2.27. The van der Waals surface area contributed by atoms with Crippen molar-refractivity contribution < 1.29 is 13.2 Å². The van der Waals surface area contributed by atoms with Crippen molar-refractivity contribution in [1.82, 2.24) is 25.6 Å². The van der Waals surface area contributed by atoms with Crippen molar-refractivity contribution >= 4 is 66.6 Å². The second-order valence-corrected chi connectivity index (χ2v) is 11.6. The maximum Gasteiger partial charge on any atom is 0.273 e. The summed E-state index contributed by atoms with van der Waals surface area (Å²) in [6.07, 6.45) is 0.256. The number of thioether (sulfide) groups is 1. The molecule has 11 nitrogen and oxygen atoms in total. The Hall–Kier alpha value is -3.23. The van der Waals surface area contributed by atoms with Gasteiger partial charge in [-0.1, -0.05) is 35.1 Å². The zero-order valence-electron chi connectivity index (χ0n) is 17.2. The highest BCUT2D eigenvalue weighted by atomic mass is 32.2. The third-order valence-corrected chi connectivity index (χ3v) is 9.41. The first kappa shape index (κ1) is 21.6. The van der Waals surface area contributed by atoms with Crippen molar-refractivity contribution in [3.63, 3.8) is 0 Å². The Kier molecular flexibility index (Phi) is 5.64. The molecule has 0 radical (unpaired) electrons. The van der Waals surface area contributed by atoms with Crippen molar-refractivity contribution in [2.75, 3.05) is 23.2 Å². The Morgan fingerprint density at radius 3 is 2.94 bits per heavy atom. The van der Waals surface area contributed by atoms with Gasteiger partial charge in [0.15, 0.2) is 0 Å². The molecule has 170 valence electrons. The van der Waals surface area contributed by atoms with Crippen LogP contribution < -0.4 is 9.62 Å². The minimum Gasteiger partial charge on any atom is -0.351 e. The van der Waals surface area contributed by atoms with Gasteiger partial charge in [0.1, 0.15) is 9.25 Å². The average Bonchev–Trinajstić information content (AvgIpc) is 3.59. The second-order valence-electron chi connectivity index (χ2n) is 7.22. The predicted molar refractivity (Wildman–Crippen MR) is 128 cm³/mol. The fourth-order valence-electron chi connectivity index (χ4n) is 3.47. The van der Waals surface area contributed by atoms with Crippen LogP contribution in [-0.2, 0) is 14.8 Å². The topological polar surface area (TPSA) is 149 Å². The molecule has 4 aromatic rings. The number of sulfonamides is 1. The monoisotopic (exact) mass is 502 g/mol. The van der Waals surface area contributed by atoms with Crippen molar-refractivity contribution in [3.8, 4) is 0 Å². The van der Waals surface area contributed by atoms with Gasteiger partial charge in [-0.05, 0) is 34.0 Å². The van der Waals surface area contributed by atoms with Gasteiger partial charge in [0, 0.05) is 24.1 Å². The van der Waals surface area contributed by atoms with Gasteiger partial charge in [0.2, 0.25) is 11.9 Å². The molecule has 33 heavy (non-hydrogen) atoms. The number of hydrogen-bond donors (Lipinski definition) is 3. The summed E-state index contributed by atoms with van der Waals surface area (Å²) in [5, 5.41) is 18.9. The van der Waals surface area contributed by atoms with Gasteiger partial charge in [-0.15, -0.1) is 11.3 Å². The Bertz CT molecular complexity index is 1430. The minimum absolute atomic E-state index is 0.0244. The SMILES string of the molecule is CN(c1cccc2cc(C3=NCC(CC(=O)Nc4nnn[nH]4)S3)[nH]c12)S(=O)(=O)c1cccs1. The van der Waals surface area contributed by atoms with Crippen LogP contribution in [0.25, 0.3) is 10.9 Å². The number of nitrogens with zero attached hydrogens (tertiary/aromatic N) is 5. The van der Waals surface area contributed by atoms with Gasteiger partial charge in [-0.25, -0.2) is 13.5 Å². The van der Waals surface area contributed by atoms with Crippen LogP contribution in [0.4, 0.5) is 11.6 Å². The average molecular weight is 503 g/mol. The number of anilines is 2. The zero-order chi connectivity index (χ0) is 23.0. The van der Waals surface area contributed by atoms with Gasteiger partial charge in [0.05, 0.1) is 23.4 Å². The molecule has 14 heteroatoms. The number of tetrazole rings is 1. The molecule has 5 rings (SSSR count). The van der Waals surface area contributed by atoms with E-state index in [1.165, 1.54) is 27.4 Å². The lowest BCUT2D eigenvalue weighted by Gasteiger charge is -2.19. The number of aromatic nitrogens is 5. The number of fused-ring (bicyclic) bond motifs is 1. The molecule has 1 atom stereocenters. The molecule has 1 aliphatic heterocycles. The van der Waals surface area contributed by atoms with E-state index in [0.717, 1.165) is 16.1 Å². The van der Waals surface area contributed by atoms with E-state index in [4.69, 9.17) is 0 Å². The van der Waals surface area contributed by atoms with Gasteiger partial charge in [-0.3, -0.25) is 19.4 Å². The molecule has 1 unspecified atom stereocenters. The molecule has 0 saturated carbocycles. The van der Waals surface area contributed by atoms with Crippen molar-refractivity contribution in [3.05, 3.63) is 47.5 Å². The number of thiophene rings is 1. The van der Waals surface area contributed by atoms with Crippen LogP contribution >= 0.6 is 23.1 Å². The van der Waals surface area contributed by atoms with Gasteiger partial charge in [0.25, 0.3) is 10.0 Å². The number of aromatic amines is 2. The predicted octanol–water partition coefficient (Wildman–Crippen LogP) is 2.46. The number of H-pyrrole nitrogens is 2. The summed E-state index contributed by atoms with van der Waals surface area (Å²) in [5.41, 5.74) is 2.04. The number of carbonyl (C=O) groups excluding carboxylic acids is 1. The second kappa shape index (κ2) is 8.61. The summed E-state index contributed by atoms with van der Waals surface area (Å²) in [5.74, 6) is -0.00394. The first-order valence-electron chi connectivity index (χ1n) is 9.81. The van der Waals surface area contributed by atoms with E-state index >= 15 is 0 Å². The Labute approximate surface area is 196 Å². The number of benzene rings is 1. The van der Waals surface area contributed by atoms with Crippen LogP contribution in [0.1, 0.15) is 12.1 Å². The van der Waals surface area contributed by atoms with Crippen LogP contribution in [0.5, 0.6) is 0 Å². The molecule has 3 N–H and O–H groups in total. The molecule has 0 saturated heterocycles. The molecule has 0 bridgehead atoms. The van der Waals surface area contributed by atoms with E-state index in [-0.39, 0.29) is 27.7 Å². The van der Waals surface area contributed by atoms with E-state index in [1.807, 2.05) is 18.2 Å². The number of rotatable bonds is 7. The summed E-state index contributed by atoms with van der Waals surface area (Å²) in [6, 6.07) is 10.8. The van der Waals surface area contributed by atoms with Crippen LogP contribution in [-0.4, -0.2) is 63.8 Å². The molecule has 1 aliphatic rings. The number of amides is 1. The first-order valence-corrected chi connectivity index (χ1v) is 13.0. The third kappa shape index (κ3) is 4.24. The van der Waals surface area contributed by atoms with E-state index in [2.05, 4.69) is 35.9 Å². The molecule has 4 heterocycles. The third-order valence-electron chi connectivity index (χ3n) is 5.05. The molecule has 1 amide bonds. The quantitative estimate of drug-likeness (QED) is 0.351. The lowest BCUT2D eigenvalue weighted by Crippen LogP contribution is -2.26. The molecular formula is C19H18N8O3S3. The van der Waals surface area contributed by atoms with Gasteiger partial charge >= 0.3 is 0 Å². The smallest absolute Gasteiger partial charge is 0.273 e. The lowest BCUT2D eigenvalue weighted by atomic mass is 10.2. The Morgan fingerprint density at radius 2 is 2.18 bits per heavy atom. The largest absolute Gasteiger partial charge is 0.351 e. The molecular weight excluding hydrogens is 484 g/mol. The maximum absolute atomic E-state index is 13.0. The molecule has 0 fully saturated rings. The van der Waals surface area contributed by atoms with E-state index in [1.54, 1.807) is 30.6 Å². The lowest BCUT2D eigenvalue weighted by molar-refractivity contribution is -0.116. The summed E-state index contributed by atoms with van der Waals surface area (Å²) >= 11 is 2.69. The zero-order valence-corrected chi connectivity index (χ0v) is 19.7. The Morgan fingerprint density at radius 1 is 1.30 bits per heavy atom. The van der Waals surface area contributed by atoms with Crippen LogP contribution in [0, 0.1) is 0 Å². The van der Waals surface area contributed by atoms with Crippen LogP contribution in [0.2, 0.25) is 0 Å². The number of nitrogens with one attached hydrogen (secondary N) is 3. The summed E-state index contributed by atoms with van der Waals surface area (Å²) in [6.45, 7) is 0.497. The highest BCUT2D eigenvalue weighted by molar-refractivity contribution is 8.15. The van der Waals surface area contributed by atoms with Crippen LogP contribution in [0.15, 0.2) is 51.0 Å². The fourth-order valence-corrected chi connectivity index (χ4v) is 6.92. The van der Waals surface area contributed by atoms with Crippen molar-refractivity contribution in [1.29, 1.82) is 0 Å². The normalized spacial score (nSPS) is 16.2. The van der Waals surface area contributed by atoms with E-state index < -0.39 is 10.0 Å². The van der Waals surface area contributed by atoms with Crippen LogP contribution in [0.3, 0.4) is 0 Å². The van der Waals surface area contributed by atoms with Gasteiger partial charge in [-0.2, -0.15) is 0 Å². The fraction of sp³-hybridized carbons (Fsp3) is 0.211. The molecule has 0 aliphatic carbocycles. The Balaban J connectivity index is 1.34. The molecule has 3 aromatic heterocycles. The van der Waals surface area contributed by atoms with Crippen molar-refractivity contribution in [2.45, 2.75) is 15.9 Å².